The molecule has 2 rings (SSSR count). The fourth-order valence-electron chi connectivity index (χ4n) is 2.30. The zero-order valence-corrected chi connectivity index (χ0v) is 15.3. The molecule has 26 heavy (non-hydrogen) atoms. The lowest BCUT2D eigenvalue weighted by Crippen LogP contribution is -2.18. The molecule has 0 aromatic heterocycles. The van der Waals surface area contributed by atoms with Gasteiger partial charge in [0.1, 0.15) is 0 Å². The van der Waals surface area contributed by atoms with Gasteiger partial charge in [0.25, 0.3) is 11.8 Å². The highest BCUT2D eigenvalue weighted by atomic mass is 16.5. The molecule has 0 bridgehead atoms. The largest absolute Gasteiger partial charge is 0.490 e. The second-order valence-electron chi connectivity index (χ2n) is 5.55. The van der Waals surface area contributed by atoms with Crippen molar-refractivity contribution in [1.29, 1.82) is 0 Å². The molecule has 138 valence electrons. The summed E-state index contributed by atoms with van der Waals surface area (Å²) in [5.41, 5.74) is 1.60. The van der Waals surface area contributed by atoms with Crippen LogP contribution in [-0.4, -0.2) is 32.1 Å². The van der Waals surface area contributed by atoms with Crippen LogP contribution in [0.15, 0.2) is 42.5 Å². The van der Waals surface area contributed by atoms with Crippen LogP contribution in [0.5, 0.6) is 11.5 Å². The highest BCUT2D eigenvalue weighted by molar-refractivity contribution is 6.05. The molecule has 2 N–H and O–H groups in total. The fourth-order valence-corrected chi connectivity index (χ4v) is 2.30. The summed E-state index contributed by atoms with van der Waals surface area (Å²) in [5, 5.41) is 5.36. The summed E-state index contributed by atoms with van der Waals surface area (Å²) in [6.07, 6.45) is 0.889. The molecule has 6 heteroatoms. The van der Waals surface area contributed by atoms with E-state index in [2.05, 4.69) is 10.6 Å². The summed E-state index contributed by atoms with van der Waals surface area (Å²) in [4.78, 5) is 24.0. The third kappa shape index (κ3) is 4.99. The van der Waals surface area contributed by atoms with Crippen molar-refractivity contribution in [2.24, 2.45) is 0 Å². The first-order chi connectivity index (χ1) is 12.6. The molecular weight excluding hydrogens is 332 g/mol. The maximum Gasteiger partial charge on any atom is 0.255 e. The van der Waals surface area contributed by atoms with Gasteiger partial charge in [-0.3, -0.25) is 9.59 Å². The number of carbonyl (C=O) groups excluding carboxylic acids is 2. The highest BCUT2D eigenvalue weighted by Crippen LogP contribution is 2.29. The van der Waals surface area contributed by atoms with Gasteiger partial charge in [-0.05, 0) is 55.8 Å². The monoisotopic (exact) mass is 356 g/mol. The molecule has 0 spiro atoms. The first-order valence-electron chi connectivity index (χ1n) is 8.62. The molecule has 0 unspecified atom stereocenters. The molecule has 2 amide bonds. The minimum absolute atomic E-state index is 0.174. The molecule has 0 aliphatic heterocycles. The number of amides is 2. The van der Waals surface area contributed by atoms with Crippen LogP contribution in [0.4, 0.5) is 5.69 Å². The number of rotatable bonds is 8. The molecule has 2 aromatic rings. The van der Waals surface area contributed by atoms with E-state index in [1.807, 2.05) is 13.8 Å². The van der Waals surface area contributed by atoms with Crippen LogP contribution < -0.4 is 20.1 Å². The molecule has 0 aliphatic carbocycles. The van der Waals surface area contributed by atoms with E-state index in [4.69, 9.17) is 9.47 Å². The van der Waals surface area contributed by atoms with E-state index in [1.54, 1.807) is 49.5 Å². The summed E-state index contributed by atoms with van der Waals surface area (Å²) >= 11 is 0. The van der Waals surface area contributed by atoms with Crippen LogP contribution in [0.2, 0.25) is 0 Å². The van der Waals surface area contributed by atoms with Crippen LogP contribution in [0.25, 0.3) is 0 Å². The Bertz CT molecular complexity index is 757. The van der Waals surface area contributed by atoms with Crippen molar-refractivity contribution in [3.8, 4) is 11.5 Å². The molecule has 2 aromatic carbocycles. The van der Waals surface area contributed by atoms with E-state index >= 15 is 0 Å². The Balaban J connectivity index is 2.13. The number of benzene rings is 2. The number of hydrogen-bond acceptors (Lipinski definition) is 4. The van der Waals surface area contributed by atoms with Crippen LogP contribution in [0, 0.1) is 0 Å². The molecule has 0 aliphatic rings. The van der Waals surface area contributed by atoms with E-state index in [0.717, 1.165) is 6.42 Å². The molecule has 0 atom stereocenters. The van der Waals surface area contributed by atoms with E-state index in [1.165, 1.54) is 0 Å². The van der Waals surface area contributed by atoms with Crippen molar-refractivity contribution in [3.63, 3.8) is 0 Å². The molecular formula is C20H24N2O4. The van der Waals surface area contributed by atoms with Crippen molar-refractivity contribution in [1.82, 2.24) is 5.32 Å². The minimum atomic E-state index is -0.263. The van der Waals surface area contributed by atoms with Crippen LogP contribution in [0.3, 0.4) is 0 Å². The van der Waals surface area contributed by atoms with Gasteiger partial charge in [-0.15, -0.1) is 0 Å². The number of anilines is 1. The smallest absolute Gasteiger partial charge is 0.255 e. The lowest BCUT2D eigenvalue weighted by atomic mass is 10.1. The Hall–Kier alpha value is -3.02. The average Bonchev–Trinajstić information content (AvgIpc) is 2.67. The Morgan fingerprint density at radius 2 is 1.58 bits per heavy atom. The van der Waals surface area contributed by atoms with Gasteiger partial charge in [0, 0.05) is 23.9 Å². The first-order valence-corrected chi connectivity index (χ1v) is 8.62. The highest BCUT2D eigenvalue weighted by Gasteiger charge is 2.12. The van der Waals surface area contributed by atoms with E-state index in [9.17, 15) is 9.59 Å². The maximum atomic E-state index is 12.5. The lowest BCUT2D eigenvalue weighted by Gasteiger charge is -2.13. The normalized spacial score (nSPS) is 10.1. The minimum Gasteiger partial charge on any atom is -0.490 e. The van der Waals surface area contributed by atoms with E-state index in [-0.39, 0.29) is 11.8 Å². The van der Waals surface area contributed by atoms with Crippen LogP contribution >= 0.6 is 0 Å². The van der Waals surface area contributed by atoms with Gasteiger partial charge < -0.3 is 20.1 Å². The SMILES string of the molecule is CCCOc1ccc(C(=O)Nc2ccc(C(=O)NC)cc2)cc1OCC. The van der Waals surface area contributed by atoms with Gasteiger partial charge in [0.05, 0.1) is 13.2 Å². The number of ether oxygens (including phenoxy) is 2. The fraction of sp³-hybridized carbons (Fsp3) is 0.300. The van der Waals surface area contributed by atoms with Crippen molar-refractivity contribution < 1.29 is 19.1 Å². The third-order valence-electron chi connectivity index (χ3n) is 3.60. The Morgan fingerprint density at radius 3 is 2.19 bits per heavy atom. The molecule has 0 radical (unpaired) electrons. The molecule has 0 saturated carbocycles. The van der Waals surface area contributed by atoms with Crippen molar-refractivity contribution in [3.05, 3.63) is 53.6 Å². The van der Waals surface area contributed by atoms with Gasteiger partial charge >= 0.3 is 0 Å². The van der Waals surface area contributed by atoms with Crippen LogP contribution in [-0.2, 0) is 0 Å². The predicted molar refractivity (Wildman–Crippen MR) is 101 cm³/mol. The Labute approximate surface area is 153 Å². The van der Waals surface area contributed by atoms with Gasteiger partial charge in [-0.2, -0.15) is 0 Å². The maximum absolute atomic E-state index is 12.5. The zero-order chi connectivity index (χ0) is 18.9. The summed E-state index contributed by atoms with van der Waals surface area (Å²) < 4.78 is 11.2. The van der Waals surface area contributed by atoms with Gasteiger partial charge in [0.15, 0.2) is 11.5 Å². The quantitative estimate of drug-likeness (QED) is 0.759. The zero-order valence-electron chi connectivity index (χ0n) is 15.3. The predicted octanol–water partition coefficient (Wildman–Crippen LogP) is 3.49. The molecule has 0 fully saturated rings. The summed E-state index contributed by atoms with van der Waals surface area (Å²) in [5.74, 6) is 0.733. The topological polar surface area (TPSA) is 76.7 Å². The van der Waals surface area contributed by atoms with Gasteiger partial charge in [0.2, 0.25) is 0 Å². The number of hydrogen-bond donors (Lipinski definition) is 2. The van der Waals surface area contributed by atoms with Crippen LogP contribution in [0.1, 0.15) is 41.0 Å². The molecule has 6 nitrogen and oxygen atoms in total. The Kier molecular flexibility index (Phi) is 7.02. The average molecular weight is 356 g/mol. The van der Waals surface area contributed by atoms with Crippen molar-refractivity contribution >= 4 is 17.5 Å². The summed E-state index contributed by atoms with van der Waals surface area (Å²) in [6.45, 7) is 4.97. The number of carbonyl (C=O) groups is 2. The molecule has 0 saturated heterocycles. The van der Waals surface area contributed by atoms with Crippen molar-refractivity contribution in [2.75, 3.05) is 25.6 Å². The third-order valence-corrected chi connectivity index (χ3v) is 3.60. The van der Waals surface area contributed by atoms with E-state index in [0.29, 0.717) is 41.5 Å². The number of nitrogens with one attached hydrogen (secondary N) is 2. The standard InChI is InChI=1S/C20H24N2O4/c1-4-12-26-17-11-8-15(13-18(17)25-5-2)20(24)22-16-9-6-14(7-10-16)19(23)21-3/h6-11,13H,4-5,12H2,1-3H3,(H,21,23)(H,22,24). The molecule has 0 heterocycles. The first kappa shape index (κ1) is 19.3. The van der Waals surface area contributed by atoms with Gasteiger partial charge in [-0.25, -0.2) is 0 Å². The lowest BCUT2D eigenvalue weighted by molar-refractivity contribution is 0.0962. The summed E-state index contributed by atoms with van der Waals surface area (Å²) in [6, 6.07) is 11.8. The van der Waals surface area contributed by atoms with Gasteiger partial charge in [-0.1, -0.05) is 6.92 Å². The summed E-state index contributed by atoms with van der Waals surface area (Å²) in [7, 11) is 1.57. The second kappa shape index (κ2) is 9.46. The van der Waals surface area contributed by atoms with Crippen molar-refractivity contribution in [2.45, 2.75) is 20.3 Å². The van der Waals surface area contributed by atoms with E-state index < -0.39 is 0 Å². The Morgan fingerprint density at radius 1 is 0.885 bits per heavy atom. The second-order valence-corrected chi connectivity index (χ2v) is 5.55.